The third kappa shape index (κ3) is 5.92. The van der Waals surface area contributed by atoms with Crippen LogP contribution in [0.3, 0.4) is 0 Å². The fourth-order valence-electron chi connectivity index (χ4n) is 2.38. The van der Waals surface area contributed by atoms with Gasteiger partial charge in [-0.05, 0) is 53.7 Å². The molecule has 2 aromatic rings. The fourth-order valence-corrected chi connectivity index (χ4v) is 2.38. The van der Waals surface area contributed by atoms with E-state index in [1.165, 1.54) is 6.42 Å². The van der Waals surface area contributed by atoms with Crippen LogP contribution in [0.1, 0.15) is 32.3 Å². The Kier molecular flexibility index (Phi) is 6.62. The Morgan fingerprint density at radius 2 is 1.62 bits per heavy atom. The van der Waals surface area contributed by atoms with Crippen molar-refractivity contribution in [1.82, 2.24) is 0 Å². The molecule has 2 rings (SSSR count). The number of benzene rings is 2. The Labute approximate surface area is 143 Å². The lowest BCUT2D eigenvalue weighted by molar-refractivity contribution is -0.131. The van der Waals surface area contributed by atoms with Crippen LogP contribution in [0.5, 0.6) is 5.75 Å². The molecule has 0 spiro atoms. The van der Waals surface area contributed by atoms with Crippen LogP contribution in [-0.2, 0) is 4.79 Å². The predicted octanol–water partition coefficient (Wildman–Crippen LogP) is 5.27. The second kappa shape index (κ2) is 8.92. The molecule has 24 heavy (non-hydrogen) atoms. The molecule has 0 saturated carbocycles. The summed E-state index contributed by atoms with van der Waals surface area (Å²) >= 11 is 0. The van der Waals surface area contributed by atoms with Crippen LogP contribution < -0.4 is 4.74 Å². The molecule has 0 bridgehead atoms. The van der Waals surface area contributed by atoms with E-state index in [9.17, 15) is 4.79 Å². The third-order valence-corrected chi connectivity index (χ3v) is 3.71. The summed E-state index contributed by atoms with van der Waals surface area (Å²) in [5, 5.41) is 8.64. The van der Waals surface area contributed by atoms with E-state index in [2.05, 4.69) is 13.8 Å². The largest absolute Gasteiger partial charge is 0.494 e. The van der Waals surface area contributed by atoms with Crippen molar-refractivity contribution in [2.24, 2.45) is 5.92 Å². The van der Waals surface area contributed by atoms with Gasteiger partial charge in [-0.15, -0.1) is 0 Å². The molecule has 0 radical (unpaired) electrons. The summed E-state index contributed by atoms with van der Waals surface area (Å²) in [7, 11) is 0. The lowest BCUT2D eigenvalue weighted by Gasteiger charge is -2.09. The minimum Gasteiger partial charge on any atom is -0.494 e. The molecule has 0 aliphatic rings. The van der Waals surface area contributed by atoms with Crippen molar-refractivity contribution in [3.05, 3.63) is 60.2 Å². The lowest BCUT2D eigenvalue weighted by Crippen LogP contribution is -1.99. The molecule has 0 saturated heterocycles. The zero-order valence-corrected chi connectivity index (χ0v) is 14.2. The molecule has 3 heteroatoms. The van der Waals surface area contributed by atoms with Crippen molar-refractivity contribution in [3.63, 3.8) is 0 Å². The van der Waals surface area contributed by atoms with Crippen LogP contribution in [0.15, 0.2) is 54.6 Å². The van der Waals surface area contributed by atoms with Crippen LogP contribution in [0.4, 0.5) is 0 Å². The second-order valence-corrected chi connectivity index (χ2v) is 6.20. The quantitative estimate of drug-likeness (QED) is 0.532. The molecule has 126 valence electrons. The van der Waals surface area contributed by atoms with Crippen LogP contribution in [0.2, 0.25) is 0 Å². The molecule has 0 unspecified atom stereocenters. The number of hydrogen-bond donors (Lipinski definition) is 1. The molecular formula is C21H24O3. The number of hydrogen-bond acceptors (Lipinski definition) is 2. The molecule has 0 atom stereocenters. The first-order valence-electron chi connectivity index (χ1n) is 8.29. The average Bonchev–Trinajstić information content (AvgIpc) is 2.58. The first-order valence-corrected chi connectivity index (χ1v) is 8.29. The van der Waals surface area contributed by atoms with E-state index >= 15 is 0 Å². The Bertz CT molecular complexity index is 667. The highest BCUT2D eigenvalue weighted by atomic mass is 16.5. The molecule has 3 nitrogen and oxygen atoms in total. The van der Waals surface area contributed by atoms with Crippen molar-refractivity contribution in [1.29, 1.82) is 0 Å². The van der Waals surface area contributed by atoms with Crippen LogP contribution in [0, 0.1) is 5.92 Å². The van der Waals surface area contributed by atoms with Gasteiger partial charge in [0.05, 0.1) is 6.61 Å². The summed E-state index contributed by atoms with van der Waals surface area (Å²) in [6, 6.07) is 15.8. The highest BCUT2D eigenvalue weighted by Crippen LogP contribution is 2.23. The summed E-state index contributed by atoms with van der Waals surface area (Å²) in [4.78, 5) is 10.5. The summed E-state index contributed by atoms with van der Waals surface area (Å²) in [5.74, 6) is 0.663. The Hall–Kier alpha value is -2.55. The van der Waals surface area contributed by atoms with E-state index in [1.54, 1.807) is 6.08 Å². The average molecular weight is 324 g/mol. The summed E-state index contributed by atoms with van der Waals surface area (Å²) < 4.78 is 5.76. The van der Waals surface area contributed by atoms with Gasteiger partial charge in [-0.1, -0.05) is 50.2 Å². The first-order chi connectivity index (χ1) is 11.5. The maximum Gasteiger partial charge on any atom is 0.328 e. The number of carboxylic acid groups (broad SMARTS) is 1. The standard InChI is InChI=1S/C21H24O3/c1-16(2)4-3-15-24-20-12-10-19(11-13-20)18-8-5-17(6-9-18)7-14-21(22)23/h5-14,16H,3-4,15H2,1-2H3,(H,22,23). The van der Waals surface area contributed by atoms with Crippen LogP contribution in [-0.4, -0.2) is 17.7 Å². The maximum atomic E-state index is 10.5. The van der Waals surface area contributed by atoms with Crippen LogP contribution >= 0.6 is 0 Å². The van der Waals surface area contributed by atoms with Gasteiger partial charge in [-0.25, -0.2) is 4.79 Å². The Morgan fingerprint density at radius 3 is 2.17 bits per heavy atom. The van der Waals surface area contributed by atoms with E-state index in [4.69, 9.17) is 9.84 Å². The van der Waals surface area contributed by atoms with E-state index in [0.717, 1.165) is 41.5 Å². The topological polar surface area (TPSA) is 46.5 Å². The lowest BCUT2D eigenvalue weighted by atomic mass is 10.0. The van der Waals surface area contributed by atoms with E-state index in [-0.39, 0.29) is 0 Å². The Balaban J connectivity index is 1.94. The highest BCUT2D eigenvalue weighted by molar-refractivity contribution is 5.85. The molecule has 2 aromatic carbocycles. The van der Waals surface area contributed by atoms with Gasteiger partial charge in [0.25, 0.3) is 0 Å². The van der Waals surface area contributed by atoms with Gasteiger partial charge >= 0.3 is 5.97 Å². The van der Waals surface area contributed by atoms with Gasteiger partial charge in [0, 0.05) is 6.08 Å². The zero-order valence-electron chi connectivity index (χ0n) is 14.2. The van der Waals surface area contributed by atoms with E-state index in [0.29, 0.717) is 5.92 Å². The van der Waals surface area contributed by atoms with Gasteiger partial charge in [0.1, 0.15) is 5.75 Å². The fraction of sp³-hybridized carbons (Fsp3) is 0.286. The normalized spacial score (nSPS) is 11.1. The molecule has 0 amide bonds. The third-order valence-electron chi connectivity index (χ3n) is 3.71. The number of rotatable bonds is 8. The monoisotopic (exact) mass is 324 g/mol. The van der Waals surface area contributed by atoms with Crippen molar-refractivity contribution in [2.45, 2.75) is 26.7 Å². The second-order valence-electron chi connectivity index (χ2n) is 6.20. The van der Waals surface area contributed by atoms with Crippen LogP contribution in [0.25, 0.3) is 17.2 Å². The first kappa shape index (κ1) is 17.8. The number of carbonyl (C=O) groups is 1. The molecule has 0 heterocycles. The van der Waals surface area contributed by atoms with Gasteiger partial charge in [0.2, 0.25) is 0 Å². The maximum absolute atomic E-state index is 10.5. The molecule has 0 aliphatic heterocycles. The van der Waals surface area contributed by atoms with E-state index < -0.39 is 5.97 Å². The van der Waals surface area contributed by atoms with Crippen molar-refractivity contribution < 1.29 is 14.6 Å². The van der Waals surface area contributed by atoms with Gasteiger partial charge in [-0.2, -0.15) is 0 Å². The van der Waals surface area contributed by atoms with Gasteiger partial charge in [-0.3, -0.25) is 0 Å². The van der Waals surface area contributed by atoms with E-state index in [1.807, 2.05) is 48.5 Å². The molecule has 0 aliphatic carbocycles. The zero-order chi connectivity index (χ0) is 17.4. The van der Waals surface area contributed by atoms with Crippen molar-refractivity contribution in [3.8, 4) is 16.9 Å². The number of carboxylic acids is 1. The van der Waals surface area contributed by atoms with Gasteiger partial charge in [0.15, 0.2) is 0 Å². The molecule has 1 N–H and O–H groups in total. The molecule has 0 aromatic heterocycles. The predicted molar refractivity (Wildman–Crippen MR) is 98.1 cm³/mol. The smallest absolute Gasteiger partial charge is 0.328 e. The highest BCUT2D eigenvalue weighted by Gasteiger charge is 2.00. The molecular weight excluding hydrogens is 300 g/mol. The number of aliphatic carboxylic acids is 1. The molecule has 0 fully saturated rings. The van der Waals surface area contributed by atoms with Gasteiger partial charge < -0.3 is 9.84 Å². The SMILES string of the molecule is CC(C)CCCOc1ccc(-c2ccc(C=CC(=O)O)cc2)cc1. The summed E-state index contributed by atoms with van der Waals surface area (Å²) in [5.41, 5.74) is 3.07. The summed E-state index contributed by atoms with van der Waals surface area (Å²) in [6.45, 7) is 5.19. The summed E-state index contributed by atoms with van der Waals surface area (Å²) in [6.07, 6.45) is 4.98. The number of ether oxygens (including phenoxy) is 1. The minimum absolute atomic E-state index is 0.712. The minimum atomic E-state index is -0.942. The Morgan fingerprint density at radius 1 is 1.04 bits per heavy atom. The van der Waals surface area contributed by atoms with Crippen molar-refractivity contribution >= 4 is 12.0 Å². The van der Waals surface area contributed by atoms with Crippen molar-refractivity contribution in [2.75, 3.05) is 6.61 Å².